The number of hydrogen-bond donors (Lipinski definition) is 0. The molecule has 2 bridgehead atoms. The van der Waals surface area contributed by atoms with E-state index >= 15 is 0 Å². The number of rotatable bonds is 8. The molecule has 0 radical (unpaired) electrons. The maximum Gasteiger partial charge on any atom is 0.415 e. The van der Waals surface area contributed by atoms with Gasteiger partial charge in [0.15, 0.2) is 23.6 Å². The summed E-state index contributed by atoms with van der Waals surface area (Å²) in [5.74, 6) is -3.90. The van der Waals surface area contributed by atoms with Crippen LogP contribution in [0.3, 0.4) is 0 Å². The molecule has 10 heteroatoms. The van der Waals surface area contributed by atoms with Gasteiger partial charge in [-0.05, 0) is 48.0 Å². The van der Waals surface area contributed by atoms with Crippen molar-refractivity contribution < 1.29 is 53.3 Å². The van der Waals surface area contributed by atoms with Gasteiger partial charge in [0.1, 0.15) is 31.3 Å². The Morgan fingerprint density at radius 2 is 1.62 bits per heavy atom. The standard InChI is InChI=1S/C29H29F4N2O3.BrH/c30-22-5-4-6-23(17-22)34(18-20-15-25(31)28(33)26(32)16-20)29(36)38-27-19-35(11-9-21(27)10-12-35)13-14-37-24-7-2-1-3-8-24;/h1-8,15-17,21,27H,9-14,18-19H2;1H/q+1;/p-1/t21?,27-,35?;/m0./s1. The third kappa shape index (κ3) is 6.73. The Morgan fingerprint density at radius 3 is 2.28 bits per heavy atom. The first-order valence-electron chi connectivity index (χ1n) is 12.7. The van der Waals surface area contributed by atoms with Gasteiger partial charge in [-0.15, -0.1) is 0 Å². The number of benzene rings is 3. The number of fused-ring (bicyclic) bond motifs is 3. The summed E-state index contributed by atoms with van der Waals surface area (Å²) in [6.07, 6.45) is 0.688. The van der Waals surface area contributed by atoms with E-state index < -0.39 is 29.4 Å². The predicted octanol–water partition coefficient (Wildman–Crippen LogP) is 3.08. The Balaban J connectivity index is 0.00000353. The van der Waals surface area contributed by atoms with E-state index in [0.29, 0.717) is 13.2 Å². The Kier molecular flexibility index (Phi) is 9.17. The minimum atomic E-state index is -1.59. The van der Waals surface area contributed by atoms with Crippen LogP contribution in [0.4, 0.5) is 28.0 Å². The minimum absolute atomic E-state index is 0. The molecule has 0 aromatic heterocycles. The van der Waals surface area contributed by atoms with Crippen molar-refractivity contribution in [2.24, 2.45) is 5.92 Å². The number of piperidine rings is 3. The smallest absolute Gasteiger partial charge is 0.415 e. The van der Waals surface area contributed by atoms with Gasteiger partial charge in [-0.1, -0.05) is 24.3 Å². The highest BCUT2D eigenvalue weighted by Crippen LogP contribution is 2.36. The predicted molar refractivity (Wildman–Crippen MR) is 134 cm³/mol. The monoisotopic (exact) mass is 608 g/mol. The number of quaternary nitrogens is 1. The molecular formula is C29H29BrF4N2O3. The molecule has 0 unspecified atom stereocenters. The molecule has 1 amide bonds. The lowest BCUT2D eigenvalue weighted by Crippen LogP contribution is -3.00. The number of carbonyl (C=O) groups excluding carboxylic acids is 1. The number of nitrogens with zero attached hydrogens (tertiary/aromatic N) is 2. The first-order chi connectivity index (χ1) is 18.3. The van der Waals surface area contributed by atoms with E-state index in [9.17, 15) is 22.4 Å². The van der Waals surface area contributed by atoms with Gasteiger partial charge in [0.05, 0.1) is 25.3 Å². The topological polar surface area (TPSA) is 38.8 Å². The molecule has 0 N–H and O–H groups in total. The number of ether oxygens (including phenoxy) is 2. The zero-order chi connectivity index (χ0) is 26.7. The molecule has 3 aromatic carbocycles. The van der Waals surface area contributed by atoms with Crippen LogP contribution in [0.25, 0.3) is 0 Å². The number of amides is 1. The van der Waals surface area contributed by atoms with Gasteiger partial charge in [-0.2, -0.15) is 0 Å². The fourth-order valence-electron chi connectivity index (χ4n) is 5.52. The fraction of sp³-hybridized carbons (Fsp3) is 0.345. The van der Waals surface area contributed by atoms with Crippen molar-refractivity contribution in [3.05, 3.63) is 95.6 Å². The lowest BCUT2D eigenvalue weighted by molar-refractivity contribution is -0.946. The van der Waals surface area contributed by atoms with Crippen LogP contribution in [-0.4, -0.2) is 49.5 Å². The van der Waals surface area contributed by atoms with E-state index in [-0.39, 0.29) is 46.8 Å². The van der Waals surface area contributed by atoms with Crippen molar-refractivity contribution in [1.82, 2.24) is 0 Å². The van der Waals surface area contributed by atoms with Crippen molar-refractivity contribution in [2.45, 2.75) is 25.5 Å². The molecule has 3 heterocycles. The van der Waals surface area contributed by atoms with Crippen LogP contribution in [0, 0.1) is 29.2 Å². The maximum atomic E-state index is 14.0. The Labute approximate surface area is 235 Å². The molecule has 6 rings (SSSR count). The summed E-state index contributed by atoms with van der Waals surface area (Å²) in [5, 5.41) is 0. The van der Waals surface area contributed by atoms with Crippen LogP contribution >= 0.6 is 0 Å². The zero-order valence-corrected chi connectivity index (χ0v) is 22.8. The van der Waals surface area contributed by atoms with Gasteiger partial charge < -0.3 is 30.9 Å². The van der Waals surface area contributed by atoms with Gasteiger partial charge in [-0.25, -0.2) is 22.4 Å². The number of carbonyl (C=O) groups is 1. The van der Waals surface area contributed by atoms with E-state index in [1.54, 1.807) is 0 Å². The SMILES string of the molecule is O=C(O[C@H]1C[N+]2(CCOc3ccccc3)CCC1CC2)N(Cc1cc(F)c(F)c(F)c1)c1cccc(F)c1.[Br-]. The molecule has 208 valence electrons. The second kappa shape index (κ2) is 12.4. The number of hydrogen-bond acceptors (Lipinski definition) is 3. The Bertz CT molecular complexity index is 1270. The largest absolute Gasteiger partial charge is 1.00 e. The van der Waals surface area contributed by atoms with Crippen LogP contribution in [0.2, 0.25) is 0 Å². The molecule has 0 spiro atoms. The summed E-state index contributed by atoms with van der Waals surface area (Å²) < 4.78 is 67.9. The molecule has 3 fully saturated rings. The summed E-state index contributed by atoms with van der Waals surface area (Å²) in [6.45, 7) is 3.56. The van der Waals surface area contributed by atoms with Gasteiger partial charge in [0.2, 0.25) is 0 Å². The normalized spacial score (nSPS) is 21.6. The van der Waals surface area contributed by atoms with Crippen molar-refractivity contribution in [3.8, 4) is 5.75 Å². The van der Waals surface area contributed by atoms with Gasteiger partial charge >= 0.3 is 6.09 Å². The molecule has 39 heavy (non-hydrogen) atoms. The van der Waals surface area contributed by atoms with Crippen molar-refractivity contribution in [3.63, 3.8) is 0 Å². The van der Waals surface area contributed by atoms with E-state index in [2.05, 4.69) is 0 Å². The summed E-state index contributed by atoms with van der Waals surface area (Å²) in [6, 6.07) is 16.5. The third-order valence-corrected chi connectivity index (χ3v) is 7.60. The summed E-state index contributed by atoms with van der Waals surface area (Å²) in [7, 11) is 0. The van der Waals surface area contributed by atoms with Crippen molar-refractivity contribution >= 4 is 11.8 Å². The van der Waals surface area contributed by atoms with Gasteiger partial charge in [0, 0.05) is 18.8 Å². The highest BCUT2D eigenvalue weighted by Gasteiger charge is 2.48. The van der Waals surface area contributed by atoms with E-state index in [4.69, 9.17) is 9.47 Å². The van der Waals surface area contributed by atoms with Gasteiger partial charge in [-0.3, -0.25) is 4.90 Å². The lowest BCUT2D eigenvalue weighted by Gasteiger charge is -2.52. The summed E-state index contributed by atoms with van der Waals surface area (Å²) >= 11 is 0. The maximum absolute atomic E-state index is 14.0. The molecular weight excluding hydrogens is 580 g/mol. The molecule has 3 aliphatic heterocycles. The fourth-order valence-corrected chi connectivity index (χ4v) is 5.52. The molecule has 0 aliphatic carbocycles. The Hall–Kier alpha value is -3.11. The van der Waals surface area contributed by atoms with Crippen molar-refractivity contribution in [1.29, 1.82) is 0 Å². The minimum Gasteiger partial charge on any atom is -1.00 e. The van der Waals surface area contributed by atoms with Crippen molar-refractivity contribution in [2.75, 3.05) is 37.7 Å². The average molecular weight is 609 g/mol. The highest BCUT2D eigenvalue weighted by atomic mass is 79.9. The van der Waals surface area contributed by atoms with E-state index in [1.165, 1.54) is 18.2 Å². The molecule has 3 aliphatic rings. The van der Waals surface area contributed by atoms with Crippen LogP contribution < -0.4 is 26.6 Å². The molecule has 0 saturated carbocycles. The highest BCUT2D eigenvalue weighted by molar-refractivity contribution is 5.87. The van der Waals surface area contributed by atoms with Crippen LogP contribution in [0.15, 0.2) is 66.7 Å². The van der Waals surface area contributed by atoms with Crippen LogP contribution in [0.5, 0.6) is 5.75 Å². The van der Waals surface area contributed by atoms with E-state index in [0.717, 1.165) is 65.8 Å². The zero-order valence-electron chi connectivity index (χ0n) is 21.2. The number of halogens is 5. The summed E-state index contributed by atoms with van der Waals surface area (Å²) in [4.78, 5) is 14.6. The number of para-hydroxylation sites is 1. The molecule has 3 saturated heterocycles. The number of anilines is 1. The first kappa shape index (κ1) is 28.9. The lowest BCUT2D eigenvalue weighted by atomic mass is 9.83. The molecule has 1 atom stereocenters. The molecule has 5 nitrogen and oxygen atoms in total. The van der Waals surface area contributed by atoms with Crippen LogP contribution in [0.1, 0.15) is 18.4 Å². The second-order valence-electron chi connectivity index (χ2n) is 10.1. The molecule has 3 aromatic rings. The average Bonchev–Trinajstić information content (AvgIpc) is 2.91. The van der Waals surface area contributed by atoms with E-state index in [1.807, 2.05) is 30.3 Å². The quantitative estimate of drug-likeness (QED) is 0.224. The Morgan fingerprint density at radius 1 is 0.923 bits per heavy atom. The third-order valence-electron chi connectivity index (χ3n) is 7.60. The second-order valence-corrected chi connectivity index (χ2v) is 10.1. The first-order valence-corrected chi connectivity index (χ1v) is 12.7. The van der Waals surface area contributed by atoms with Crippen LogP contribution in [-0.2, 0) is 11.3 Å². The summed E-state index contributed by atoms with van der Waals surface area (Å²) in [5.41, 5.74) is 0.180. The van der Waals surface area contributed by atoms with Gasteiger partial charge in [0.25, 0.3) is 0 Å².